The summed E-state index contributed by atoms with van der Waals surface area (Å²) in [7, 11) is 1.86. The summed E-state index contributed by atoms with van der Waals surface area (Å²) in [6.45, 7) is 6.97. The molecular weight excluding hydrogens is 250 g/mol. The minimum Gasteiger partial charge on any atom is -0.465 e. The Morgan fingerprint density at radius 3 is 2.72 bits per heavy atom. The predicted molar refractivity (Wildman–Crippen MR) is 72.9 cm³/mol. The van der Waals surface area contributed by atoms with Gasteiger partial charge >= 0.3 is 6.09 Å². The molecule has 6 heteroatoms. The highest BCUT2D eigenvalue weighted by Crippen LogP contribution is 2.31. The molecule has 1 aromatic heterocycles. The molecule has 3 N–H and O–H groups in total. The third-order valence-electron chi connectivity index (χ3n) is 2.34. The average Bonchev–Trinajstić information content (AvgIpc) is 2.63. The first kappa shape index (κ1) is 14.9. The zero-order valence-electron chi connectivity index (χ0n) is 11.3. The maximum absolute atomic E-state index is 10.9. The lowest BCUT2D eigenvalue weighted by molar-refractivity contribution is 0.184. The minimum absolute atomic E-state index is 0.0436. The second-order valence-electron chi connectivity index (χ2n) is 5.47. The van der Waals surface area contributed by atoms with Crippen LogP contribution in [0.25, 0.3) is 0 Å². The smallest absolute Gasteiger partial charge is 0.405 e. The molecule has 1 atom stereocenters. The predicted octanol–water partition coefficient (Wildman–Crippen LogP) is 2.61. The molecule has 0 unspecified atom stereocenters. The summed E-state index contributed by atoms with van der Waals surface area (Å²) in [5.41, 5.74) is 0.991. The average molecular weight is 271 g/mol. The van der Waals surface area contributed by atoms with Crippen molar-refractivity contribution in [3.63, 3.8) is 0 Å². The summed E-state index contributed by atoms with van der Waals surface area (Å²) in [5.74, 6) is 0. The molecule has 0 aromatic carbocycles. The summed E-state index contributed by atoms with van der Waals surface area (Å²) in [6, 6.07) is -0.238. The van der Waals surface area contributed by atoms with Crippen LogP contribution in [0.1, 0.15) is 43.9 Å². The summed E-state index contributed by atoms with van der Waals surface area (Å²) in [6.07, 6.45) is -0.277. The van der Waals surface area contributed by atoms with E-state index in [1.165, 1.54) is 11.3 Å². The number of amides is 1. The van der Waals surface area contributed by atoms with Gasteiger partial charge < -0.3 is 15.7 Å². The van der Waals surface area contributed by atoms with E-state index in [1.807, 2.05) is 12.4 Å². The topological polar surface area (TPSA) is 74.2 Å². The first-order valence-corrected chi connectivity index (χ1v) is 6.78. The third-order valence-corrected chi connectivity index (χ3v) is 3.35. The van der Waals surface area contributed by atoms with Gasteiger partial charge in [-0.3, -0.25) is 0 Å². The Bertz CT molecular complexity index is 398. The largest absolute Gasteiger partial charge is 0.465 e. The SMILES string of the molecule is CNCc1csc([C@H](CC(C)(C)C)NC(=O)O)n1. The maximum Gasteiger partial charge on any atom is 0.405 e. The van der Waals surface area contributed by atoms with Gasteiger partial charge in [0.05, 0.1) is 11.7 Å². The van der Waals surface area contributed by atoms with Crippen molar-refractivity contribution in [3.05, 3.63) is 16.1 Å². The van der Waals surface area contributed by atoms with Gasteiger partial charge in [0.25, 0.3) is 0 Å². The molecule has 1 rings (SSSR count). The molecule has 0 saturated heterocycles. The fraction of sp³-hybridized carbons (Fsp3) is 0.667. The first-order chi connectivity index (χ1) is 8.31. The van der Waals surface area contributed by atoms with Gasteiger partial charge in [0, 0.05) is 11.9 Å². The number of nitrogens with zero attached hydrogens (tertiary/aromatic N) is 1. The van der Waals surface area contributed by atoms with Crippen molar-refractivity contribution in [1.29, 1.82) is 0 Å². The van der Waals surface area contributed by atoms with Crippen molar-refractivity contribution < 1.29 is 9.90 Å². The van der Waals surface area contributed by atoms with Crippen molar-refractivity contribution >= 4 is 17.4 Å². The van der Waals surface area contributed by atoms with Crippen LogP contribution in [0.5, 0.6) is 0 Å². The Morgan fingerprint density at radius 2 is 2.22 bits per heavy atom. The molecular formula is C12H21N3O2S. The first-order valence-electron chi connectivity index (χ1n) is 5.90. The second-order valence-corrected chi connectivity index (χ2v) is 6.36. The molecule has 5 nitrogen and oxygen atoms in total. The van der Waals surface area contributed by atoms with Gasteiger partial charge in [-0.1, -0.05) is 20.8 Å². The lowest BCUT2D eigenvalue weighted by atomic mass is 9.88. The Morgan fingerprint density at radius 1 is 1.56 bits per heavy atom. The molecule has 1 amide bonds. The molecule has 0 spiro atoms. The van der Waals surface area contributed by atoms with Crippen LogP contribution in [-0.4, -0.2) is 23.2 Å². The van der Waals surface area contributed by atoms with Crippen LogP contribution in [-0.2, 0) is 6.54 Å². The number of nitrogens with one attached hydrogen (secondary N) is 2. The molecule has 0 aliphatic carbocycles. The molecule has 0 aliphatic rings. The van der Waals surface area contributed by atoms with Gasteiger partial charge in [0.1, 0.15) is 5.01 Å². The van der Waals surface area contributed by atoms with E-state index in [0.29, 0.717) is 6.54 Å². The molecule has 102 valence electrons. The molecule has 0 radical (unpaired) electrons. The standard InChI is InChI=1S/C12H21N3O2S/c1-12(2,3)5-9(15-11(16)17)10-14-8(6-13-4)7-18-10/h7,9,13,15H,5-6H2,1-4H3,(H,16,17)/t9-/m0/s1. The van der Waals surface area contributed by atoms with Gasteiger partial charge in [-0.25, -0.2) is 9.78 Å². The summed E-state index contributed by atoms with van der Waals surface area (Å²) < 4.78 is 0. The Hall–Kier alpha value is -1.14. The number of rotatable bonds is 5. The van der Waals surface area contributed by atoms with Crippen molar-refractivity contribution in [1.82, 2.24) is 15.6 Å². The second kappa shape index (κ2) is 6.15. The molecule has 0 fully saturated rings. The lowest BCUT2D eigenvalue weighted by Crippen LogP contribution is -2.30. The number of aromatic nitrogens is 1. The molecule has 1 aromatic rings. The quantitative estimate of drug-likeness (QED) is 0.769. The van der Waals surface area contributed by atoms with Crippen LogP contribution in [0.15, 0.2) is 5.38 Å². The van der Waals surface area contributed by atoms with E-state index >= 15 is 0 Å². The van der Waals surface area contributed by atoms with Gasteiger partial charge in [0.2, 0.25) is 0 Å². The third kappa shape index (κ3) is 5.01. The van der Waals surface area contributed by atoms with Gasteiger partial charge in [-0.15, -0.1) is 11.3 Å². The number of thiazole rings is 1. The highest BCUT2D eigenvalue weighted by Gasteiger charge is 2.24. The summed E-state index contributed by atoms with van der Waals surface area (Å²) in [4.78, 5) is 15.3. The number of carbonyl (C=O) groups is 1. The fourth-order valence-corrected chi connectivity index (χ4v) is 2.58. The zero-order valence-corrected chi connectivity index (χ0v) is 12.1. The van der Waals surface area contributed by atoms with E-state index < -0.39 is 6.09 Å². The van der Waals surface area contributed by atoms with E-state index in [0.717, 1.165) is 17.1 Å². The molecule has 0 bridgehead atoms. The van der Waals surface area contributed by atoms with Crippen LogP contribution < -0.4 is 10.6 Å². The normalized spacial score (nSPS) is 13.3. The van der Waals surface area contributed by atoms with E-state index in [9.17, 15) is 4.79 Å². The summed E-state index contributed by atoms with van der Waals surface area (Å²) >= 11 is 1.50. The van der Waals surface area contributed by atoms with Crippen LogP contribution >= 0.6 is 11.3 Å². The molecule has 18 heavy (non-hydrogen) atoms. The minimum atomic E-state index is -1.00. The van der Waals surface area contributed by atoms with E-state index in [2.05, 4.69) is 36.4 Å². The van der Waals surface area contributed by atoms with E-state index in [1.54, 1.807) is 0 Å². The van der Waals surface area contributed by atoms with E-state index in [4.69, 9.17) is 5.11 Å². The monoisotopic (exact) mass is 271 g/mol. The van der Waals surface area contributed by atoms with Crippen molar-refractivity contribution in [2.24, 2.45) is 5.41 Å². The summed E-state index contributed by atoms with van der Waals surface area (Å²) in [5, 5.41) is 17.3. The van der Waals surface area contributed by atoms with Crippen molar-refractivity contribution in [2.75, 3.05) is 7.05 Å². The zero-order chi connectivity index (χ0) is 13.8. The van der Waals surface area contributed by atoms with Gasteiger partial charge in [-0.05, 0) is 18.9 Å². The lowest BCUT2D eigenvalue weighted by Gasteiger charge is -2.24. The van der Waals surface area contributed by atoms with E-state index in [-0.39, 0.29) is 11.5 Å². The molecule has 1 heterocycles. The highest BCUT2D eigenvalue weighted by atomic mass is 32.1. The van der Waals surface area contributed by atoms with Crippen molar-refractivity contribution in [2.45, 2.75) is 39.8 Å². The Labute approximate surface area is 112 Å². The van der Waals surface area contributed by atoms with Crippen LogP contribution in [0.4, 0.5) is 4.79 Å². The Balaban J connectivity index is 2.83. The fourth-order valence-electron chi connectivity index (χ4n) is 1.71. The number of hydrogen-bond donors (Lipinski definition) is 3. The van der Waals surface area contributed by atoms with Gasteiger partial charge in [0.15, 0.2) is 0 Å². The molecule has 0 saturated carbocycles. The van der Waals surface area contributed by atoms with Crippen LogP contribution in [0, 0.1) is 5.41 Å². The molecule has 0 aliphatic heterocycles. The Kier molecular flexibility index (Phi) is 5.10. The highest BCUT2D eigenvalue weighted by molar-refractivity contribution is 7.09. The number of carboxylic acid groups (broad SMARTS) is 1. The van der Waals surface area contributed by atoms with Gasteiger partial charge in [-0.2, -0.15) is 0 Å². The number of hydrogen-bond acceptors (Lipinski definition) is 4. The van der Waals surface area contributed by atoms with Crippen LogP contribution in [0.3, 0.4) is 0 Å². The maximum atomic E-state index is 10.9. The van der Waals surface area contributed by atoms with Crippen LogP contribution in [0.2, 0.25) is 0 Å². The van der Waals surface area contributed by atoms with Crippen molar-refractivity contribution in [3.8, 4) is 0 Å².